The van der Waals surface area contributed by atoms with E-state index in [1.165, 1.54) is 0 Å². The van der Waals surface area contributed by atoms with Crippen molar-refractivity contribution in [3.8, 4) is 11.3 Å². The van der Waals surface area contributed by atoms with Crippen molar-refractivity contribution < 1.29 is 4.79 Å². The fourth-order valence-electron chi connectivity index (χ4n) is 2.91. The Morgan fingerprint density at radius 1 is 0.963 bits per heavy atom. The van der Waals surface area contributed by atoms with Crippen LogP contribution in [0.4, 0.5) is 5.69 Å². The molecule has 0 saturated carbocycles. The van der Waals surface area contributed by atoms with E-state index in [0.29, 0.717) is 5.56 Å². The van der Waals surface area contributed by atoms with Gasteiger partial charge in [0.1, 0.15) is 0 Å². The van der Waals surface area contributed by atoms with Crippen LogP contribution >= 0.6 is 11.8 Å². The molecule has 0 bridgehead atoms. The molecule has 132 valence electrons. The van der Waals surface area contributed by atoms with Crippen molar-refractivity contribution >= 4 is 34.3 Å². The normalized spacial score (nSPS) is 10.7. The number of pyridine rings is 2. The first-order valence-electron chi connectivity index (χ1n) is 8.50. The average Bonchev–Trinajstić information content (AvgIpc) is 2.74. The predicted molar refractivity (Wildman–Crippen MR) is 111 cm³/mol. The lowest BCUT2D eigenvalue weighted by molar-refractivity contribution is 0.102. The number of fused-ring (bicyclic) bond motifs is 1. The molecule has 0 aliphatic heterocycles. The number of rotatable bonds is 4. The van der Waals surface area contributed by atoms with Crippen LogP contribution in [-0.4, -0.2) is 22.1 Å². The molecule has 4 aromatic rings. The Hall–Kier alpha value is -3.18. The van der Waals surface area contributed by atoms with E-state index in [2.05, 4.69) is 10.3 Å². The summed E-state index contributed by atoms with van der Waals surface area (Å²) in [5.74, 6) is -0.152. The summed E-state index contributed by atoms with van der Waals surface area (Å²) in [5.41, 5.74) is 3.83. The smallest absolute Gasteiger partial charge is 0.256 e. The van der Waals surface area contributed by atoms with Crippen molar-refractivity contribution in [2.45, 2.75) is 4.90 Å². The number of carbonyl (C=O) groups is 1. The van der Waals surface area contributed by atoms with Crippen LogP contribution in [0.3, 0.4) is 0 Å². The number of carbonyl (C=O) groups excluding carboxylic acids is 1. The number of amides is 1. The summed E-state index contributed by atoms with van der Waals surface area (Å²) in [5, 5.41) is 3.82. The third kappa shape index (κ3) is 3.68. The molecule has 0 spiro atoms. The topological polar surface area (TPSA) is 54.9 Å². The molecule has 0 saturated heterocycles. The highest BCUT2D eigenvalue weighted by Gasteiger charge is 2.14. The maximum atomic E-state index is 13.0. The average molecular weight is 371 g/mol. The summed E-state index contributed by atoms with van der Waals surface area (Å²) in [7, 11) is 0. The fourth-order valence-corrected chi connectivity index (χ4v) is 3.31. The van der Waals surface area contributed by atoms with Crippen molar-refractivity contribution in [1.82, 2.24) is 9.97 Å². The number of nitrogens with one attached hydrogen (secondary N) is 1. The Morgan fingerprint density at radius 2 is 1.70 bits per heavy atom. The zero-order chi connectivity index (χ0) is 18.6. The van der Waals surface area contributed by atoms with Crippen molar-refractivity contribution in [3.63, 3.8) is 0 Å². The molecule has 0 atom stereocenters. The minimum atomic E-state index is -0.152. The molecule has 5 heteroatoms. The Labute approximate surface area is 161 Å². The number of nitrogens with zero attached hydrogens (tertiary/aromatic N) is 2. The van der Waals surface area contributed by atoms with E-state index in [1.54, 1.807) is 24.2 Å². The lowest BCUT2D eigenvalue weighted by Gasteiger charge is -2.11. The van der Waals surface area contributed by atoms with Crippen LogP contribution in [0.2, 0.25) is 0 Å². The molecule has 0 radical (unpaired) electrons. The highest BCUT2D eigenvalue weighted by atomic mass is 32.2. The maximum absolute atomic E-state index is 13.0. The van der Waals surface area contributed by atoms with Gasteiger partial charge in [-0.2, -0.15) is 0 Å². The molecule has 0 unspecified atom stereocenters. The SMILES string of the molecule is CSc1ccc(NC(=O)c2cc(-c3ccncc3)nc3ccccc23)cc1. The number of thioether (sulfide) groups is 1. The van der Waals surface area contributed by atoms with Gasteiger partial charge in [-0.05, 0) is 54.8 Å². The largest absolute Gasteiger partial charge is 0.322 e. The van der Waals surface area contributed by atoms with Gasteiger partial charge in [-0.25, -0.2) is 4.98 Å². The van der Waals surface area contributed by atoms with E-state index in [-0.39, 0.29) is 5.91 Å². The molecule has 1 amide bonds. The van der Waals surface area contributed by atoms with Gasteiger partial charge in [0.05, 0.1) is 16.8 Å². The number of benzene rings is 2. The van der Waals surface area contributed by atoms with Gasteiger partial charge in [0.2, 0.25) is 0 Å². The molecule has 2 aromatic heterocycles. The standard InChI is InChI=1S/C22H17N3OS/c1-27-17-8-6-16(7-9-17)24-22(26)19-14-21(15-10-12-23-13-11-15)25-20-5-3-2-4-18(19)20/h2-14H,1H3,(H,24,26). The monoisotopic (exact) mass is 371 g/mol. The third-order valence-electron chi connectivity index (χ3n) is 4.28. The first-order valence-corrected chi connectivity index (χ1v) is 9.72. The van der Waals surface area contributed by atoms with Gasteiger partial charge >= 0.3 is 0 Å². The van der Waals surface area contributed by atoms with Gasteiger partial charge in [0.25, 0.3) is 5.91 Å². The van der Waals surface area contributed by atoms with Crippen molar-refractivity contribution in [2.24, 2.45) is 0 Å². The van der Waals surface area contributed by atoms with Gasteiger partial charge in [0, 0.05) is 33.9 Å². The van der Waals surface area contributed by atoms with Crippen molar-refractivity contribution in [1.29, 1.82) is 0 Å². The van der Waals surface area contributed by atoms with Crippen LogP contribution in [0.25, 0.3) is 22.2 Å². The number of hydrogen-bond donors (Lipinski definition) is 1. The molecule has 0 aliphatic rings. The third-order valence-corrected chi connectivity index (χ3v) is 5.03. The van der Waals surface area contributed by atoms with Crippen molar-refractivity contribution in [3.05, 3.63) is 84.7 Å². The van der Waals surface area contributed by atoms with E-state index >= 15 is 0 Å². The fraction of sp³-hybridized carbons (Fsp3) is 0.0455. The second-order valence-corrected chi connectivity index (χ2v) is 6.87. The molecule has 4 rings (SSSR count). The second kappa shape index (κ2) is 7.60. The zero-order valence-electron chi connectivity index (χ0n) is 14.7. The van der Waals surface area contributed by atoms with Gasteiger partial charge in [-0.15, -0.1) is 11.8 Å². The Balaban J connectivity index is 1.75. The van der Waals surface area contributed by atoms with Crippen LogP contribution in [0, 0.1) is 0 Å². The minimum Gasteiger partial charge on any atom is -0.322 e. The van der Waals surface area contributed by atoms with E-state index in [1.807, 2.05) is 73.0 Å². The number of anilines is 1. The molecule has 27 heavy (non-hydrogen) atoms. The first kappa shape index (κ1) is 17.2. The highest BCUT2D eigenvalue weighted by molar-refractivity contribution is 7.98. The van der Waals surface area contributed by atoms with E-state index in [4.69, 9.17) is 4.98 Å². The quantitative estimate of drug-likeness (QED) is 0.497. The van der Waals surface area contributed by atoms with Crippen LogP contribution in [0.1, 0.15) is 10.4 Å². The number of hydrogen-bond acceptors (Lipinski definition) is 4. The van der Waals surface area contributed by atoms with Gasteiger partial charge in [0.15, 0.2) is 0 Å². The Morgan fingerprint density at radius 3 is 2.44 bits per heavy atom. The van der Waals surface area contributed by atoms with Crippen LogP contribution in [-0.2, 0) is 0 Å². The minimum absolute atomic E-state index is 0.152. The maximum Gasteiger partial charge on any atom is 0.256 e. The molecule has 1 N–H and O–H groups in total. The Bertz CT molecular complexity index is 1100. The van der Waals surface area contributed by atoms with E-state index in [0.717, 1.165) is 32.7 Å². The summed E-state index contributed by atoms with van der Waals surface area (Å²) in [6.07, 6.45) is 5.47. The van der Waals surface area contributed by atoms with Gasteiger partial charge in [-0.3, -0.25) is 9.78 Å². The highest BCUT2D eigenvalue weighted by Crippen LogP contribution is 2.25. The van der Waals surface area contributed by atoms with E-state index < -0.39 is 0 Å². The molecule has 2 aromatic carbocycles. The summed E-state index contributed by atoms with van der Waals surface area (Å²) < 4.78 is 0. The summed E-state index contributed by atoms with van der Waals surface area (Å²) in [4.78, 5) is 22.9. The van der Waals surface area contributed by atoms with Crippen LogP contribution in [0.15, 0.2) is 84.0 Å². The summed E-state index contributed by atoms with van der Waals surface area (Å²) in [6, 6.07) is 21.1. The second-order valence-electron chi connectivity index (χ2n) is 5.99. The molecule has 2 heterocycles. The summed E-state index contributed by atoms with van der Waals surface area (Å²) >= 11 is 1.67. The summed E-state index contributed by atoms with van der Waals surface area (Å²) in [6.45, 7) is 0. The van der Waals surface area contributed by atoms with Crippen molar-refractivity contribution in [2.75, 3.05) is 11.6 Å². The lowest BCUT2D eigenvalue weighted by atomic mass is 10.0. The zero-order valence-corrected chi connectivity index (χ0v) is 15.5. The molecular weight excluding hydrogens is 354 g/mol. The van der Waals surface area contributed by atoms with Gasteiger partial charge in [-0.1, -0.05) is 18.2 Å². The van der Waals surface area contributed by atoms with Crippen LogP contribution in [0.5, 0.6) is 0 Å². The Kier molecular flexibility index (Phi) is 4.85. The molecular formula is C22H17N3OS. The lowest BCUT2D eigenvalue weighted by Crippen LogP contribution is -2.13. The number of para-hydroxylation sites is 1. The molecule has 0 aliphatic carbocycles. The first-order chi connectivity index (χ1) is 13.2. The number of aromatic nitrogens is 2. The van der Waals surface area contributed by atoms with E-state index in [9.17, 15) is 4.79 Å². The molecule has 0 fully saturated rings. The van der Waals surface area contributed by atoms with Gasteiger partial charge < -0.3 is 5.32 Å². The molecule has 4 nitrogen and oxygen atoms in total. The predicted octanol–water partition coefficient (Wildman–Crippen LogP) is 5.27. The van der Waals surface area contributed by atoms with Crippen LogP contribution < -0.4 is 5.32 Å².